The highest BCUT2D eigenvalue weighted by atomic mass is 35.5. The molecule has 1 aliphatic carbocycles. The van der Waals surface area contributed by atoms with Gasteiger partial charge in [-0.05, 0) is 33.6 Å². The third kappa shape index (κ3) is 2.07. The van der Waals surface area contributed by atoms with E-state index in [1.165, 1.54) is 0 Å². The highest BCUT2D eigenvalue weighted by Crippen LogP contribution is 2.23. The summed E-state index contributed by atoms with van der Waals surface area (Å²) >= 11 is 6.05. The number of rotatable bonds is 3. The first kappa shape index (κ1) is 11.5. The Morgan fingerprint density at radius 3 is 2.62 bits per heavy atom. The van der Waals surface area contributed by atoms with Gasteiger partial charge in [0.25, 0.3) is 0 Å². The van der Waals surface area contributed by atoms with Crippen LogP contribution in [0.1, 0.15) is 37.2 Å². The van der Waals surface area contributed by atoms with Crippen molar-refractivity contribution in [2.45, 2.75) is 45.7 Å². The van der Waals surface area contributed by atoms with E-state index in [2.05, 4.69) is 10.4 Å². The van der Waals surface area contributed by atoms with E-state index in [9.17, 15) is 4.79 Å². The van der Waals surface area contributed by atoms with Crippen molar-refractivity contribution in [2.75, 3.05) is 0 Å². The van der Waals surface area contributed by atoms with Crippen LogP contribution in [0, 0.1) is 13.8 Å². The summed E-state index contributed by atoms with van der Waals surface area (Å²) in [6.07, 6.45) is 2.19. The van der Waals surface area contributed by atoms with E-state index in [0.29, 0.717) is 11.1 Å². The van der Waals surface area contributed by atoms with Crippen LogP contribution in [-0.4, -0.2) is 21.7 Å². The topological polar surface area (TPSA) is 46.9 Å². The van der Waals surface area contributed by atoms with Crippen molar-refractivity contribution in [3.8, 4) is 0 Å². The van der Waals surface area contributed by atoms with E-state index in [0.717, 1.165) is 24.2 Å². The monoisotopic (exact) mass is 241 g/mol. The minimum absolute atomic E-state index is 0.0183. The lowest BCUT2D eigenvalue weighted by atomic mass is 10.3. The summed E-state index contributed by atoms with van der Waals surface area (Å²) in [5.74, 6) is 0.0183. The van der Waals surface area contributed by atoms with Crippen molar-refractivity contribution in [3.63, 3.8) is 0 Å². The smallest absolute Gasteiger partial charge is 0.244 e. The lowest BCUT2D eigenvalue weighted by molar-refractivity contribution is -0.124. The summed E-state index contributed by atoms with van der Waals surface area (Å²) in [5.41, 5.74) is 1.61. The van der Waals surface area contributed by atoms with Gasteiger partial charge in [-0.25, -0.2) is 0 Å². The van der Waals surface area contributed by atoms with Crippen molar-refractivity contribution in [2.24, 2.45) is 0 Å². The molecule has 1 unspecified atom stereocenters. The molecule has 0 spiro atoms. The average Bonchev–Trinajstić information content (AvgIpc) is 3.02. The molecular formula is C11H16ClN3O. The molecule has 1 heterocycles. The van der Waals surface area contributed by atoms with Crippen LogP contribution in [0.15, 0.2) is 0 Å². The van der Waals surface area contributed by atoms with Gasteiger partial charge in [-0.15, -0.1) is 0 Å². The predicted octanol–water partition coefficient (Wildman–Crippen LogP) is 1.99. The van der Waals surface area contributed by atoms with Gasteiger partial charge < -0.3 is 5.32 Å². The van der Waals surface area contributed by atoms with Gasteiger partial charge in [0.1, 0.15) is 6.04 Å². The van der Waals surface area contributed by atoms with Gasteiger partial charge in [0.2, 0.25) is 5.91 Å². The Hall–Kier alpha value is -1.03. The standard InChI is InChI=1S/C11H16ClN3O/c1-6-10(12)7(2)15(14-6)8(3)11(16)13-9-4-5-9/h8-9H,4-5H2,1-3H3,(H,13,16). The number of carbonyl (C=O) groups excluding carboxylic acids is 1. The van der Waals surface area contributed by atoms with Crippen LogP contribution in [0.4, 0.5) is 0 Å². The highest BCUT2D eigenvalue weighted by molar-refractivity contribution is 6.31. The normalized spacial score (nSPS) is 17.2. The zero-order valence-electron chi connectivity index (χ0n) is 9.75. The number of hydrogen-bond donors (Lipinski definition) is 1. The van der Waals surface area contributed by atoms with E-state index in [1.807, 2.05) is 20.8 Å². The van der Waals surface area contributed by atoms with Crippen LogP contribution in [0.2, 0.25) is 5.02 Å². The fourth-order valence-electron chi connectivity index (χ4n) is 1.68. The maximum absolute atomic E-state index is 11.9. The van der Waals surface area contributed by atoms with E-state index in [4.69, 9.17) is 11.6 Å². The number of halogens is 1. The maximum atomic E-state index is 11.9. The molecule has 1 aromatic heterocycles. The van der Waals surface area contributed by atoms with Crippen molar-refractivity contribution < 1.29 is 4.79 Å². The van der Waals surface area contributed by atoms with E-state index in [1.54, 1.807) is 4.68 Å². The molecule has 0 saturated heterocycles. The summed E-state index contributed by atoms with van der Waals surface area (Å²) in [6, 6.07) is 0.0780. The van der Waals surface area contributed by atoms with E-state index >= 15 is 0 Å². The zero-order chi connectivity index (χ0) is 11.9. The lowest BCUT2D eigenvalue weighted by Gasteiger charge is -2.13. The first-order valence-corrected chi connectivity index (χ1v) is 5.90. The third-order valence-electron chi connectivity index (χ3n) is 2.91. The Labute approximate surface area is 100.0 Å². The fraction of sp³-hybridized carbons (Fsp3) is 0.636. The van der Waals surface area contributed by atoms with Crippen molar-refractivity contribution in [1.82, 2.24) is 15.1 Å². The molecular weight excluding hydrogens is 226 g/mol. The molecule has 1 atom stereocenters. The number of aryl methyl sites for hydroxylation is 1. The van der Waals surface area contributed by atoms with Gasteiger partial charge in [-0.3, -0.25) is 9.48 Å². The summed E-state index contributed by atoms with van der Waals surface area (Å²) in [5, 5.41) is 7.89. The zero-order valence-corrected chi connectivity index (χ0v) is 10.5. The molecule has 0 aliphatic heterocycles. The fourth-order valence-corrected chi connectivity index (χ4v) is 1.80. The molecule has 4 nitrogen and oxygen atoms in total. The summed E-state index contributed by atoms with van der Waals surface area (Å²) in [4.78, 5) is 11.9. The second kappa shape index (κ2) is 4.09. The largest absolute Gasteiger partial charge is 0.352 e. The number of nitrogens with zero attached hydrogens (tertiary/aromatic N) is 2. The molecule has 1 aliphatic rings. The minimum Gasteiger partial charge on any atom is -0.352 e. The Morgan fingerprint density at radius 1 is 1.56 bits per heavy atom. The van der Waals surface area contributed by atoms with Gasteiger partial charge in [-0.1, -0.05) is 11.6 Å². The van der Waals surface area contributed by atoms with Crippen LogP contribution in [-0.2, 0) is 4.79 Å². The minimum atomic E-state index is -0.299. The first-order valence-electron chi connectivity index (χ1n) is 5.52. The number of nitrogens with one attached hydrogen (secondary N) is 1. The third-order valence-corrected chi connectivity index (χ3v) is 3.45. The average molecular weight is 242 g/mol. The number of aromatic nitrogens is 2. The SMILES string of the molecule is Cc1nn(C(C)C(=O)NC2CC2)c(C)c1Cl. The summed E-state index contributed by atoms with van der Waals surface area (Å²) < 4.78 is 1.69. The molecule has 1 amide bonds. The Balaban J connectivity index is 2.15. The van der Waals surface area contributed by atoms with Gasteiger partial charge >= 0.3 is 0 Å². The number of carbonyl (C=O) groups is 1. The number of amides is 1. The molecule has 16 heavy (non-hydrogen) atoms. The van der Waals surface area contributed by atoms with Crippen LogP contribution >= 0.6 is 11.6 Å². The van der Waals surface area contributed by atoms with E-state index < -0.39 is 0 Å². The predicted molar refractivity (Wildman–Crippen MR) is 62.6 cm³/mol. The number of hydrogen-bond acceptors (Lipinski definition) is 2. The molecule has 0 aromatic carbocycles. The molecule has 1 fully saturated rings. The van der Waals surface area contributed by atoms with Crippen LogP contribution < -0.4 is 5.32 Å². The molecule has 1 N–H and O–H groups in total. The van der Waals surface area contributed by atoms with Crippen LogP contribution in [0.3, 0.4) is 0 Å². The van der Waals surface area contributed by atoms with Crippen LogP contribution in [0.5, 0.6) is 0 Å². The second-order valence-corrected chi connectivity index (χ2v) is 4.77. The summed E-state index contributed by atoms with van der Waals surface area (Å²) in [6.45, 7) is 5.56. The van der Waals surface area contributed by atoms with Crippen molar-refractivity contribution in [1.29, 1.82) is 0 Å². The second-order valence-electron chi connectivity index (χ2n) is 4.39. The Kier molecular flexibility index (Phi) is 2.93. The van der Waals surface area contributed by atoms with Gasteiger partial charge in [0.15, 0.2) is 0 Å². The lowest BCUT2D eigenvalue weighted by Crippen LogP contribution is -2.33. The summed E-state index contributed by atoms with van der Waals surface area (Å²) in [7, 11) is 0. The quantitative estimate of drug-likeness (QED) is 0.880. The molecule has 5 heteroatoms. The van der Waals surface area contributed by atoms with Gasteiger partial charge in [-0.2, -0.15) is 5.10 Å². The molecule has 2 rings (SSSR count). The Bertz CT molecular complexity index is 423. The van der Waals surface area contributed by atoms with Gasteiger partial charge in [0.05, 0.1) is 16.4 Å². The molecule has 0 bridgehead atoms. The van der Waals surface area contributed by atoms with Crippen molar-refractivity contribution >= 4 is 17.5 Å². The van der Waals surface area contributed by atoms with Crippen molar-refractivity contribution in [3.05, 3.63) is 16.4 Å². The molecule has 88 valence electrons. The molecule has 0 radical (unpaired) electrons. The Morgan fingerprint density at radius 2 is 2.19 bits per heavy atom. The first-order chi connectivity index (χ1) is 7.50. The van der Waals surface area contributed by atoms with E-state index in [-0.39, 0.29) is 11.9 Å². The molecule has 1 saturated carbocycles. The molecule has 1 aromatic rings. The highest BCUT2D eigenvalue weighted by Gasteiger charge is 2.27. The van der Waals surface area contributed by atoms with Crippen LogP contribution in [0.25, 0.3) is 0 Å². The van der Waals surface area contributed by atoms with Gasteiger partial charge in [0, 0.05) is 6.04 Å². The maximum Gasteiger partial charge on any atom is 0.244 e.